The first-order valence-corrected chi connectivity index (χ1v) is 7.04. The molecule has 0 fully saturated rings. The Morgan fingerprint density at radius 3 is 2.71 bits per heavy atom. The smallest absolute Gasteiger partial charge is 0.134 e. The minimum Gasteiger partial charge on any atom is -0.508 e. The van der Waals surface area contributed by atoms with Gasteiger partial charge in [0.15, 0.2) is 0 Å². The van der Waals surface area contributed by atoms with Gasteiger partial charge < -0.3 is 9.84 Å². The molecule has 0 spiro atoms. The first-order valence-electron chi connectivity index (χ1n) is 7.04. The summed E-state index contributed by atoms with van der Waals surface area (Å²) in [6.45, 7) is 0. The molecular formula is C18H17FO2. The number of methoxy groups -OCH3 is 1. The standard InChI is InChI=1S/C18H17FO2/c1-21-16-7-5-13-9-14(4-2-3-12(13)10-16)17-8-6-15(20)11-18(17)19/h5-11,20H,2-4H2,1H3. The Hall–Kier alpha value is -2.29. The first kappa shape index (κ1) is 13.7. The van der Waals surface area contributed by atoms with Gasteiger partial charge in [-0.15, -0.1) is 0 Å². The van der Waals surface area contributed by atoms with Crippen LogP contribution < -0.4 is 4.74 Å². The Morgan fingerprint density at radius 1 is 1.10 bits per heavy atom. The molecule has 0 atom stereocenters. The van der Waals surface area contributed by atoms with Gasteiger partial charge in [0.05, 0.1) is 7.11 Å². The van der Waals surface area contributed by atoms with Gasteiger partial charge in [-0.05, 0) is 60.2 Å². The molecule has 0 saturated heterocycles. The van der Waals surface area contributed by atoms with Crippen LogP contribution in [-0.4, -0.2) is 12.2 Å². The van der Waals surface area contributed by atoms with Gasteiger partial charge in [0, 0.05) is 11.6 Å². The molecule has 108 valence electrons. The molecule has 1 N–H and O–H groups in total. The predicted molar refractivity (Wildman–Crippen MR) is 81.9 cm³/mol. The van der Waals surface area contributed by atoms with Crippen molar-refractivity contribution in [1.82, 2.24) is 0 Å². The van der Waals surface area contributed by atoms with E-state index >= 15 is 0 Å². The van der Waals surface area contributed by atoms with Crippen molar-refractivity contribution in [2.24, 2.45) is 0 Å². The lowest BCUT2D eigenvalue weighted by atomic mass is 10.00. The van der Waals surface area contributed by atoms with E-state index in [1.165, 1.54) is 11.6 Å². The summed E-state index contributed by atoms with van der Waals surface area (Å²) < 4.78 is 19.3. The van der Waals surface area contributed by atoms with Crippen molar-refractivity contribution >= 4 is 11.6 Å². The Balaban J connectivity index is 2.04. The number of rotatable bonds is 2. The highest BCUT2D eigenvalue weighted by Crippen LogP contribution is 2.33. The van der Waals surface area contributed by atoms with Crippen LogP contribution in [0.2, 0.25) is 0 Å². The van der Waals surface area contributed by atoms with Gasteiger partial charge >= 0.3 is 0 Å². The number of ether oxygens (including phenoxy) is 1. The van der Waals surface area contributed by atoms with E-state index in [1.54, 1.807) is 13.2 Å². The van der Waals surface area contributed by atoms with Gasteiger partial charge in [0.2, 0.25) is 0 Å². The zero-order valence-electron chi connectivity index (χ0n) is 11.9. The minimum atomic E-state index is -0.377. The van der Waals surface area contributed by atoms with Gasteiger partial charge in [0.25, 0.3) is 0 Å². The van der Waals surface area contributed by atoms with Crippen LogP contribution >= 0.6 is 0 Å². The SMILES string of the molecule is COc1ccc2c(c1)CCCC(c1ccc(O)cc1F)=C2. The van der Waals surface area contributed by atoms with Crippen molar-refractivity contribution in [3.8, 4) is 11.5 Å². The molecule has 0 aliphatic heterocycles. The summed E-state index contributed by atoms with van der Waals surface area (Å²) in [4.78, 5) is 0. The summed E-state index contributed by atoms with van der Waals surface area (Å²) in [6, 6.07) is 10.3. The van der Waals surface area contributed by atoms with E-state index in [0.29, 0.717) is 5.56 Å². The Bertz CT molecular complexity index is 704. The second-order valence-corrected chi connectivity index (χ2v) is 5.25. The number of aromatic hydroxyl groups is 1. The number of aryl methyl sites for hydroxylation is 1. The maximum Gasteiger partial charge on any atom is 0.134 e. The fourth-order valence-corrected chi connectivity index (χ4v) is 2.77. The van der Waals surface area contributed by atoms with Crippen LogP contribution in [0.1, 0.15) is 29.5 Å². The van der Waals surface area contributed by atoms with Gasteiger partial charge in [-0.2, -0.15) is 0 Å². The molecule has 3 heteroatoms. The quantitative estimate of drug-likeness (QED) is 0.884. The van der Waals surface area contributed by atoms with Crippen molar-refractivity contribution in [2.45, 2.75) is 19.3 Å². The van der Waals surface area contributed by atoms with Gasteiger partial charge in [0.1, 0.15) is 17.3 Å². The van der Waals surface area contributed by atoms with Crippen LogP contribution in [0.25, 0.3) is 11.6 Å². The van der Waals surface area contributed by atoms with E-state index in [1.807, 2.05) is 24.3 Å². The predicted octanol–water partition coefficient (Wildman–Crippen LogP) is 4.42. The summed E-state index contributed by atoms with van der Waals surface area (Å²) >= 11 is 0. The van der Waals surface area contributed by atoms with E-state index in [4.69, 9.17) is 4.74 Å². The van der Waals surface area contributed by atoms with Crippen molar-refractivity contribution in [3.63, 3.8) is 0 Å². The highest BCUT2D eigenvalue weighted by atomic mass is 19.1. The van der Waals surface area contributed by atoms with Crippen LogP contribution in [0.15, 0.2) is 36.4 Å². The molecule has 0 bridgehead atoms. The van der Waals surface area contributed by atoms with Crippen molar-refractivity contribution in [2.75, 3.05) is 7.11 Å². The number of hydrogen-bond acceptors (Lipinski definition) is 2. The highest BCUT2D eigenvalue weighted by Gasteiger charge is 2.14. The number of phenolic OH excluding ortho intramolecular Hbond substituents is 1. The summed E-state index contributed by atoms with van der Waals surface area (Å²) in [5.41, 5.74) is 3.87. The van der Waals surface area contributed by atoms with E-state index in [2.05, 4.69) is 0 Å². The largest absolute Gasteiger partial charge is 0.508 e. The number of hydrogen-bond donors (Lipinski definition) is 1. The number of benzene rings is 2. The molecule has 21 heavy (non-hydrogen) atoms. The molecule has 1 aliphatic carbocycles. The lowest BCUT2D eigenvalue weighted by Crippen LogP contribution is -1.90. The lowest BCUT2D eigenvalue weighted by molar-refractivity contribution is 0.414. The van der Waals surface area contributed by atoms with Gasteiger partial charge in [-0.25, -0.2) is 4.39 Å². The van der Waals surface area contributed by atoms with Crippen LogP contribution in [0.4, 0.5) is 4.39 Å². The van der Waals surface area contributed by atoms with Crippen molar-refractivity contribution in [1.29, 1.82) is 0 Å². The van der Waals surface area contributed by atoms with Crippen LogP contribution in [-0.2, 0) is 6.42 Å². The third-order valence-electron chi connectivity index (χ3n) is 3.87. The first-order chi connectivity index (χ1) is 10.2. The normalized spacial score (nSPS) is 14.1. The number of fused-ring (bicyclic) bond motifs is 1. The summed E-state index contributed by atoms with van der Waals surface area (Å²) in [5.74, 6) is 0.426. The zero-order chi connectivity index (χ0) is 14.8. The van der Waals surface area contributed by atoms with Gasteiger partial charge in [-0.3, -0.25) is 0 Å². The Kier molecular flexibility index (Phi) is 3.65. The van der Waals surface area contributed by atoms with Crippen molar-refractivity contribution < 1.29 is 14.2 Å². The van der Waals surface area contributed by atoms with Crippen LogP contribution in [0.3, 0.4) is 0 Å². The van der Waals surface area contributed by atoms with E-state index < -0.39 is 0 Å². The van der Waals surface area contributed by atoms with Crippen LogP contribution in [0.5, 0.6) is 11.5 Å². The minimum absolute atomic E-state index is 0.0457. The fraction of sp³-hybridized carbons (Fsp3) is 0.222. The second-order valence-electron chi connectivity index (χ2n) is 5.25. The molecule has 0 amide bonds. The monoisotopic (exact) mass is 284 g/mol. The fourth-order valence-electron chi connectivity index (χ4n) is 2.77. The summed E-state index contributed by atoms with van der Waals surface area (Å²) in [7, 11) is 1.66. The van der Waals surface area contributed by atoms with Crippen molar-refractivity contribution in [3.05, 3.63) is 58.9 Å². The van der Waals surface area contributed by atoms with E-state index in [-0.39, 0.29) is 11.6 Å². The Morgan fingerprint density at radius 2 is 1.95 bits per heavy atom. The molecule has 0 aromatic heterocycles. The molecule has 0 saturated carbocycles. The topological polar surface area (TPSA) is 29.5 Å². The number of phenols is 1. The Labute approximate surface area is 123 Å². The molecule has 2 nitrogen and oxygen atoms in total. The summed E-state index contributed by atoms with van der Waals surface area (Å²) in [5, 5.41) is 9.33. The maximum absolute atomic E-state index is 14.0. The maximum atomic E-state index is 14.0. The number of halogens is 1. The molecular weight excluding hydrogens is 267 g/mol. The molecule has 3 rings (SSSR count). The van der Waals surface area contributed by atoms with Gasteiger partial charge in [-0.1, -0.05) is 12.1 Å². The third kappa shape index (κ3) is 2.77. The molecule has 2 aromatic carbocycles. The third-order valence-corrected chi connectivity index (χ3v) is 3.87. The summed E-state index contributed by atoms with van der Waals surface area (Å²) in [6.07, 6.45) is 4.77. The van der Waals surface area contributed by atoms with E-state index in [0.717, 1.165) is 42.2 Å². The molecule has 1 aliphatic rings. The van der Waals surface area contributed by atoms with Crippen LogP contribution in [0, 0.1) is 5.82 Å². The molecule has 0 heterocycles. The molecule has 0 unspecified atom stereocenters. The second kappa shape index (κ2) is 5.60. The average molecular weight is 284 g/mol. The lowest BCUT2D eigenvalue weighted by Gasteiger charge is -2.08. The number of allylic oxidation sites excluding steroid dienone is 1. The van der Waals surface area contributed by atoms with E-state index in [9.17, 15) is 9.50 Å². The highest BCUT2D eigenvalue weighted by molar-refractivity contribution is 5.83. The molecule has 2 aromatic rings. The average Bonchev–Trinajstić information content (AvgIpc) is 2.68. The zero-order valence-corrected chi connectivity index (χ0v) is 11.9. The molecule has 0 radical (unpaired) electrons.